The van der Waals surface area contributed by atoms with Crippen LogP contribution in [0.25, 0.3) is 5.95 Å². The van der Waals surface area contributed by atoms with E-state index in [2.05, 4.69) is 32.2 Å². The van der Waals surface area contributed by atoms with Crippen LogP contribution in [0.2, 0.25) is 0 Å². The van der Waals surface area contributed by atoms with E-state index >= 15 is 0 Å². The summed E-state index contributed by atoms with van der Waals surface area (Å²) in [5, 5.41) is 3.08. The number of imidazole rings is 1. The normalized spacial score (nSPS) is 12.2. The average molecular weight is 276 g/mol. The van der Waals surface area contributed by atoms with Gasteiger partial charge < -0.3 is 10.1 Å². The summed E-state index contributed by atoms with van der Waals surface area (Å²) in [5.41, 5.74) is 0. The van der Waals surface area contributed by atoms with E-state index in [1.807, 2.05) is 13.8 Å². The van der Waals surface area contributed by atoms with Gasteiger partial charge in [0.15, 0.2) is 0 Å². The average Bonchev–Trinajstić information content (AvgIpc) is 2.93. The van der Waals surface area contributed by atoms with Crippen molar-refractivity contribution in [2.75, 3.05) is 11.9 Å². The molecule has 1 N–H and O–H groups in total. The molecular formula is C13H20N6O. The van der Waals surface area contributed by atoms with Crippen molar-refractivity contribution in [1.29, 1.82) is 0 Å². The van der Waals surface area contributed by atoms with Gasteiger partial charge >= 0.3 is 6.01 Å². The maximum Gasteiger partial charge on any atom is 0.323 e. The van der Waals surface area contributed by atoms with E-state index in [0.717, 1.165) is 19.4 Å². The number of ether oxygens (including phenoxy) is 1. The fourth-order valence-corrected chi connectivity index (χ4v) is 1.77. The first kappa shape index (κ1) is 14.2. The Bertz CT molecular complexity index is 528. The number of rotatable bonds is 7. The molecule has 0 spiro atoms. The standard InChI is InChI=1S/C13H20N6O/c1-4-6-10(3)20-13-17-11(15-5-2)16-12(18-13)19-8-7-14-9-19/h7-10H,4-6H2,1-3H3,(H,15,16,17,18). The predicted molar refractivity (Wildman–Crippen MR) is 76.1 cm³/mol. The molecular weight excluding hydrogens is 256 g/mol. The quantitative estimate of drug-likeness (QED) is 0.834. The van der Waals surface area contributed by atoms with Crippen molar-refractivity contribution >= 4 is 5.95 Å². The summed E-state index contributed by atoms with van der Waals surface area (Å²) in [6.45, 7) is 6.85. The highest BCUT2D eigenvalue weighted by Gasteiger charge is 2.11. The topological polar surface area (TPSA) is 77.8 Å². The van der Waals surface area contributed by atoms with Crippen LogP contribution in [0.3, 0.4) is 0 Å². The third-order valence-electron chi connectivity index (χ3n) is 2.68. The Morgan fingerprint density at radius 3 is 2.80 bits per heavy atom. The molecule has 2 aromatic rings. The monoisotopic (exact) mass is 276 g/mol. The second-order valence-corrected chi connectivity index (χ2v) is 4.46. The highest BCUT2D eigenvalue weighted by atomic mass is 16.5. The fourth-order valence-electron chi connectivity index (χ4n) is 1.77. The lowest BCUT2D eigenvalue weighted by atomic mass is 10.2. The molecule has 7 heteroatoms. The lowest BCUT2D eigenvalue weighted by Gasteiger charge is -2.13. The molecule has 0 aromatic carbocycles. The van der Waals surface area contributed by atoms with Gasteiger partial charge in [0.1, 0.15) is 6.33 Å². The van der Waals surface area contributed by atoms with Crippen LogP contribution < -0.4 is 10.1 Å². The Labute approximate surface area is 118 Å². The largest absolute Gasteiger partial charge is 0.460 e. The van der Waals surface area contributed by atoms with Crippen LogP contribution in [0.5, 0.6) is 6.01 Å². The van der Waals surface area contributed by atoms with Gasteiger partial charge in [0, 0.05) is 18.9 Å². The van der Waals surface area contributed by atoms with Crippen molar-refractivity contribution in [2.45, 2.75) is 39.7 Å². The third kappa shape index (κ3) is 3.66. The van der Waals surface area contributed by atoms with Crippen LogP contribution in [0.4, 0.5) is 5.95 Å². The molecule has 0 saturated carbocycles. The minimum Gasteiger partial charge on any atom is -0.460 e. The van der Waals surface area contributed by atoms with Crippen molar-refractivity contribution < 1.29 is 4.74 Å². The zero-order valence-electron chi connectivity index (χ0n) is 12.1. The fraction of sp³-hybridized carbons (Fsp3) is 0.538. The van der Waals surface area contributed by atoms with Gasteiger partial charge in [0.05, 0.1) is 6.10 Å². The molecule has 2 aromatic heterocycles. The van der Waals surface area contributed by atoms with E-state index in [9.17, 15) is 0 Å². The van der Waals surface area contributed by atoms with Crippen molar-refractivity contribution in [2.24, 2.45) is 0 Å². The molecule has 7 nitrogen and oxygen atoms in total. The molecule has 0 amide bonds. The van der Waals surface area contributed by atoms with E-state index in [-0.39, 0.29) is 6.10 Å². The number of anilines is 1. The summed E-state index contributed by atoms with van der Waals surface area (Å²) in [6, 6.07) is 0.334. The Hall–Kier alpha value is -2.18. The van der Waals surface area contributed by atoms with Gasteiger partial charge in [-0.05, 0) is 20.3 Å². The molecule has 1 atom stereocenters. The highest BCUT2D eigenvalue weighted by molar-refractivity contribution is 5.30. The summed E-state index contributed by atoms with van der Waals surface area (Å²) >= 11 is 0. The molecule has 2 rings (SSSR count). The van der Waals surface area contributed by atoms with E-state index in [4.69, 9.17) is 4.74 Å². The molecule has 0 aliphatic carbocycles. The summed E-state index contributed by atoms with van der Waals surface area (Å²) in [4.78, 5) is 16.9. The van der Waals surface area contributed by atoms with Crippen LogP contribution in [-0.4, -0.2) is 37.2 Å². The molecule has 0 bridgehead atoms. The summed E-state index contributed by atoms with van der Waals surface area (Å²) in [6.07, 6.45) is 7.20. The number of nitrogens with zero attached hydrogens (tertiary/aromatic N) is 5. The maximum atomic E-state index is 5.74. The predicted octanol–water partition coefficient (Wildman–Crippen LogP) is 2.06. The SMILES string of the molecule is CCCC(C)Oc1nc(NCC)nc(-n2ccnc2)n1. The Kier molecular flexibility index (Phi) is 4.86. The third-order valence-corrected chi connectivity index (χ3v) is 2.68. The van der Waals surface area contributed by atoms with Crippen molar-refractivity contribution in [3.63, 3.8) is 0 Å². The minimum atomic E-state index is 0.0764. The molecule has 0 fully saturated rings. The lowest BCUT2D eigenvalue weighted by Crippen LogP contribution is -2.16. The molecule has 20 heavy (non-hydrogen) atoms. The van der Waals surface area contributed by atoms with E-state index in [1.54, 1.807) is 23.3 Å². The Morgan fingerprint density at radius 1 is 1.30 bits per heavy atom. The van der Waals surface area contributed by atoms with Gasteiger partial charge in [-0.1, -0.05) is 13.3 Å². The van der Waals surface area contributed by atoms with E-state index in [0.29, 0.717) is 17.9 Å². The molecule has 0 aliphatic rings. The molecule has 1 unspecified atom stereocenters. The second-order valence-electron chi connectivity index (χ2n) is 4.46. The Morgan fingerprint density at radius 2 is 2.15 bits per heavy atom. The van der Waals surface area contributed by atoms with Crippen molar-refractivity contribution in [3.05, 3.63) is 18.7 Å². The van der Waals surface area contributed by atoms with Crippen molar-refractivity contribution in [3.8, 4) is 12.0 Å². The molecule has 0 aliphatic heterocycles. The highest BCUT2D eigenvalue weighted by Crippen LogP contribution is 2.13. The molecule has 0 radical (unpaired) electrons. The van der Waals surface area contributed by atoms with Gasteiger partial charge in [-0.3, -0.25) is 4.57 Å². The Balaban J connectivity index is 2.26. The van der Waals surface area contributed by atoms with Gasteiger partial charge in [0.2, 0.25) is 11.9 Å². The first-order valence-electron chi connectivity index (χ1n) is 6.87. The van der Waals surface area contributed by atoms with Crippen molar-refractivity contribution in [1.82, 2.24) is 24.5 Å². The van der Waals surface area contributed by atoms with Gasteiger partial charge in [0.25, 0.3) is 0 Å². The van der Waals surface area contributed by atoms with E-state index in [1.165, 1.54) is 0 Å². The van der Waals surface area contributed by atoms with Crippen LogP contribution >= 0.6 is 0 Å². The molecule has 108 valence electrons. The zero-order chi connectivity index (χ0) is 14.4. The summed E-state index contributed by atoms with van der Waals surface area (Å²) in [7, 11) is 0. The molecule has 0 saturated heterocycles. The zero-order valence-corrected chi connectivity index (χ0v) is 12.1. The first-order valence-corrected chi connectivity index (χ1v) is 6.87. The van der Waals surface area contributed by atoms with Gasteiger partial charge in [-0.2, -0.15) is 15.0 Å². The van der Waals surface area contributed by atoms with Crippen LogP contribution in [0, 0.1) is 0 Å². The van der Waals surface area contributed by atoms with Crippen LogP contribution in [0.15, 0.2) is 18.7 Å². The second kappa shape index (κ2) is 6.83. The first-order chi connectivity index (χ1) is 9.72. The van der Waals surface area contributed by atoms with Crippen LogP contribution in [-0.2, 0) is 0 Å². The van der Waals surface area contributed by atoms with Gasteiger partial charge in [-0.25, -0.2) is 4.98 Å². The number of nitrogens with one attached hydrogen (secondary N) is 1. The van der Waals surface area contributed by atoms with Crippen LogP contribution in [0.1, 0.15) is 33.6 Å². The number of aromatic nitrogens is 5. The van der Waals surface area contributed by atoms with E-state index < -0.39 is 0 Å². The maximum absolute atomic E-state index is 5.74. The van der Waals surface area contributed by atoms with Gasteiger partial charge in [-0.15, -0.1) is 0 Å². The summed E-state index contributed by atoms with van der Waals surface area (Å²) in [5.74, 6) is 0.997. The number of hydrogen-bond acceptors (Lipinski definition) is 6. The number of hydrogen-bond donors (Lipinski definition) is 1. The smallest absolute Gasteiger partial charge is 0.323 e. The molecule has 2 heterocycles. The lowest BCUT2D eigenvalue weighted by molar-refractivity contribution is 0.192. The minimum absolute atomic E-state index is 0.0764. The summed E-state index contributed by atoms with van der Waals surface area (Å²) < 4.78 is 7.47.